The highest BCUT2D eigenvalue weighted by Crippen LogP contribution is 2.36. The highest BCUT2D eigenvalue weighted by molar-refractivity contribution is 6.25. The molecule has 11 nitrogen and oxygen atoms in total. The smallest absolute Gasteiger partial charge is 0.264 e. The zero-order chi connectivity index (χ0) is 38.3. The van der Waals surface area contributed by atoms with Crippen molar-refractivity contribution in [3.63, 3.8) is 0 Å². The number of nitrogens with zero attached hydrogens (tertiary/aromatic N) is 3. The van der Waals surface area contributed by atoms with Gasteiger partial charge in [-0.2, -0.15) is 0 Å². The van der Waals surface area contributed by atoms with Gasteiger partial charge in [0.2, 0.25) is 17.7 Å². The van der Waals surface area contributed by atoms with Gasteiger partial charge in [0.25, 0.3) is 11.8 Å². The van der Waals surface area contributed by atoms with Gasteiger partial charge in [0.05, 0.1) is 17.7 Å². The zero-order valence-electron chi connectivity index (χ0n) is 30.3. The first kappa shape index (κ1) is 37.5. The normalized spacial score (nSPS) is 17.8. The first-order chi connectivity index (χ1) is 26.8. The lowest BCUT2D eigenvalue weighted by molar-refractivity contribution is -0.136. The molecule has 0 aliphatic carbocycles. The minimum absolute atomic E-state index is 0.0401. The number of piperazine rings is 1. The number of piperidine rings is 1. The quantitative estimate of drug-likeness (QED) is 0.107. The van der Waals surface area contributed by atoms with Crippen LogP contribution >= 0.6 is 11.6 Å². The van der Waals surface area contributed by atoms with Crippen LogP contribution in [0.2, 0.25) is 0 Å². The lowest BCUT2D eigenvalue weighted by Crippen LogP contribution is -2.54. The van der Waals surface area contributed by atoms with E-state index in [1.807, 2.05) is 48.5 Å². The Morgan fingerprint density at radius 3 is 2.13 bits per heavy atom. The number of carbonyl (C=O) groups excluding carboxylic acids is 5. The van der Waals surface area contributed by atoms with Crippen LogP contribution in [0.1, 0.15) is 56.7 Å². The number of amides is 5. The number of alkyl halides is 1. The highest BCUT2D eigenvalue weighted by atomic mass is 35.5. The van der Waals surface area contributed by atoms with Gasteiger partial charge in [0, 0.05) is 50.7 Å². The molecule has 4 aromatic carbocycles. The van der Waals surface area contributed by atoms with E-state index in [4.69, 9.17) is 16.3 Å². The monoisotopic (exact) mass is 759 g/mol. The number of ether oxygens (including phenoxy) is 1. The number of halogens is 1. The van der Waals surface area contributed by atoms with Crippen molar-refractivity contribution in [3.05, 3.63) is 131 Å². The van der Waals surface area contributed by atoms with Crippen molar-refractivity contribution < 1.29 is 28.7 Å². The fourth-order valence-corrected chi connectivity index (χ4v) is 7.63. The van der Waals surface area contributed by atoms with Crippen molar-refractivity contribution in [1.82, 2.24) is 20.0 Å². The van der Waals surface area contributed by atoms with Crippen molar-refractivity contribution in [2.45, 2.75) is 25.3 Å². The molecule has 4 aromatic rings. The molecule has 282 valence electrons. The molecule has 3 heterocycles. The van der Waals surface area contributed by atoms with Gasteiger partial charge >= 0.3 is 0 Å². The number of imide groups is 2. The minimum atomic E-state index is -1.06. The van der Waals surface area contributed by atoms with E-state index in [2.05, 4.69) is 51.9 Å². The van der Waals surface area contributed by atoms with Crippen LogP contribution in [-0.2, 0) is 14.4 Å². The molecule has 3 aliphatic rings. The van der Waals surface area contributed by atoms with Crippen LogP contribution in [0.4, 0.5) is 5.69 Å². The maximum atomic E-state index is 13.4. The molecule has 12 heteroatoms. The fraction of sp³-hybridized carbons (Fsp3) is 0.279. The summed E-state index contributed by atoms with van der Waals surface area (Å²) in [5.41, 5.74) is 6.33. The molecule has 1 unspecified atom stereocenters. The van der Waals surface area contributed by atoms with Gasteiger partial charge in [-0.1, -0.05) is 78.9 Å². The molecular formula is C43H42ClN5O6. The second kappa shape index (κ2) is 17.1. The van der Waals surface area contributed by atoms with Gasteiger partial charge < -0.3 is 15.0 Å². The topological polar surface area (TPSA) is 128 Å². The number of anilines is 1. The van der Waals surface area contributed by atoms with Gasteiger partial charge in [-0.05, 0) is 64.9 Å². The molecule has 5 amide bonds. The molecule has 2 N–H and O–H groups in total. The van der Waals surface area contributed by atoms with Gasteiger partial charge in [-0.25, -0.2) is 0 Å². The summed E-state index contributed by atoms with van der Waals surface area (Å²) in [5.74, 6) is -1.15. The molecule has 7 rings (SSSR count). The molecule has 0 saturated carbocycles. The SMILES string of the molecule is O=C1CCC(N2C(=O)c3cccc(NCC(=O)N4CCN(CCOc5ccc(/C(=C(/CCCl)c6ccccc6)c6ccccc6)cc5)CC4)c3C2=O)C(=O)N1. The van der Waals surface area contributed by atoms with E-state index in [1.165, 1.54) is 11.6 Å². The summed E-state index contributed by atoms with van der Waals surface area (Å²) >= 11 is 6.31. The lowest BCUT2D eigenvalue weighted by Gasteiger charge is -2.34. The molecule has 2 saturated heterocycles. The van der Waals surface area contributed by atoms with E-state index in [9.17, 15) is 24.0 Å². The molecule has 0 radical (unpaired) electrons. The number of fused-ring (bicyclic) bond motifs is 1. The Morgan fingerprint density at radius 1 is 0.782 bits per heavy atom. The van der Waals surface area contributed by atoms with Crippen molar-refractivity contribution >= 4 is 58.0 Å². The number of hydrogen-bond donors (Lipinski definition) is 2. The number of allylic oxidation sites excluding steroid dienone is 1. The Bertz CT molecular complexity index is 2100. The highest BCUT2D eigenvalue weighted by Gasteiger charge is 2.45. The molecule has 0 bridgehead atoms. The Morgan fingerprint density at radius 2 is 1.45 bits per heavy atom. The Labute approximate surface area is 324 Å². The standard InChI is InChI=1S/C43H42ClN5O6/c44-21-20-33(29-8-3-1-4-9-29)39(30-10-5-2-6-11-30)31-14-16-32(17-15-31)55-27-26-47-22-24-48(25-23-47)38(51)28-45-35-13-7-12-34-40(35)43(54)49(42(34)53)36-18-19-37(50)46-41(36)52/h1-17,36,45H,18-28H2,(H,46,50,52)/b39-33-. The predicted octanol–water partition coefficient (Wildman–Crippen LogP) is 5.31. The van der Waals surface area contributed by atoms with Crippen LogP contribution in [0.25, 0.3) is 11.1 Å². The van der Waals surface area contributed by atoms with E-state index < -0.39 is 29.7 Å². The van der Waals surface area contributed by atoms with Crippen molar-refractivity contribution in [2.24, 2.45) is 0 Å². The summed E-state index contributed by atoms with van der Waals surface area (Å²) < 4.78 is 6.15. The number of carbonyl (C=O) groups is 5. The largest absolute Gasteiger partial charge is 0.492 e. The van der Waals surface area contributed by atoms with Gasteiger partial charge in [-0.3, -0.25) is 39.1 Å². The van der Waals surface area contributed by atoms with Crippen LogP contribution in [0, 0.1) is 0 Å². The summed E-state index contributed by atoms with van der Waals surface area (Å²) in [6, 6.07) is 32.7. The molecule has 1 atom stereocenters. The Balaban J connectivity index is 0.905. The summed E-state index contributed by atoms with van der Waals surface area (Å²) in [5, 5.41) is 5.25. The summed E-state index contributed by atoms with van der Waals surface area (Å²) in [7, 11) is 0. The summed E-state index contributed by atoms with van der Waals surface area (Å²) in [6.07, 6.45) is 0.843. The molecular weight excluding hydrogens is 718 g/mol. The summed E-state index contributed by atoms with van der Waals surface area (Å²) in [6.45, 7) is 3.62. The third-order valence-electron chi connectivity index (χ3n) is 10.3. The van der Waals surface area contributed by atoms with Gasteiger partial charge in [0.15, 0.2) is 0 Å². The van der Waals surface area contributed by atoms with Crippen molar-refractivity contribution in [3.8, 4) is 5.75 Å². The molecule has 55 heavy (non-hydrogen) atoms. The average Bonchev–Trinajstić information content (AvgIpc) is 3.47. The first-order valence-corrected chi connectivity index (χ1v) is 19.1. The second-order valence-corrected chi connectivity index (χ2v) is 14.0. The molecule has 0 spiro atoms. The molecule has 0 aromatic heterocycles. The number of hydrogen-bond acceptors (Lipinski definition) is 8. The molecule has 3 aliphatic heterocycles. The zero-order valence-corrected chi connectivity index (χ0v) is 31.1. The van der Waals surface area contributed by atoms with E-state index in [0.717, 1.165) is 39.3 Å². The minimum Gasteiger partial charge on any atom is -0.492 e. The van der Waals surface area contributed by atoms with Crippen molar-refractivity contribution in [2.75, 3.05) is 57.1 Å². The Hall–Kier alpha value is -5.78. The fourth-order valence-electron chi connectivity index (χ4n) is 7.44. The van der Waals surface area contributed by atoms with Crippen LogP contribution in [0.15, 0.2) is 103 Å². The number of benzene rings is 4. The maximum absolute atomic E-state index is 13.4. The van der Waals surface area contributed by atoms with Gasteiger partial charge in [-0.15, -0.1) is 11.6 Å². The van der Waals surface area contributed by atoms with Crippen molar-refractivity contribution in [1.29, 1.82) is 0 Å². The first-order valence-electron chi connectivity index (χ1n) is 18.5. The number of rotatable bonds is 13. The third-order valence-corrected chi connectivity index (χ3v) is 10.5. The van der Waals surface area contributed by atoms with E-state index >= 15 is 0 Å². The van der Waals surface area contributed by atoms with Crippen LogP contribution in [0.5, 0.6) is 5.75 Å². The molecule has 2 fully saturated rings. The maximum Gasteiger partial charge on any atom is 0.264 e. The number of nitrogens with one attached hydrogen (secondary N) is 2. The van der Waals surface area contributed by atoms with Crippen LogP contribution in [-0.4, -0.2) is 102 Å². The predicted molar refractivity (Wildman–Crippen MR) is 211 cm³/mol. The summed E-state index contributed by atoms with van der Waals surface area (Å²) in [4.78, 5) is 68.8. The lowest BCUT2D eigenvalue weighted by atomic mass is 9.88. The van der Waals surface area contributed by atoms with E-state index in [1.54, 1.807) is 17.0 Å². The van der Waals surface area contributed by atoms with E-state index in [-0.39, 0.29) is 36.4 Å². The van der Waals surface area contributed by atoms with Gasteiger partial charge in [0.1, 0.15) is 18.4 Å². The third kappa shape index (κ3) is 8.33. The average molecular weight is 760 g/mol. The Kier molecular flexibility index (Phi) is 11.7. The van der Waals surface area contributed by atoms with Crippen LogP contribution in [0.3, 0.4) is 0 Å². The second-order valence-electron chi connectivity index (χ2n) is 13.6. The van der Waals surface area contributed by atoms with E-state index in [0.29, 0.717) is 50.9 Å². The van der Waals surface area contributed by atoms with Crippen LogP contribution < -0.4 is 15.4 Å².